The van der Waals surface area contributed by atoms with Crippen LogP contribution in [0.1, 0.15) is 24.0 Å². The van der Waals surface area contributed by atoms with Gasteiger partial charge in [-0.1, -0.05) is 60.7 Å². The number of nitrogens with two attached hydrogens (primary N) is 1. The topological polar surface area (TPSA) is 157 Å². The number of amides is 4. The molecule has 0 saturated carbocycles. The third-order valence-corrected chi connectivity index (χ3v) is 6.29. The van der Waals surface area contributed by atoms with E-state index in [1.807, 2.05) is 30.5 Å². The number of nitrogens with one attached hydrogen (secondary N) is 3. The van der Waals surface area contributed by atoms with Gasteiger partial charge in [-0.2, -0.15) is 11.8 Å². The number of thioether (sulfide) groups is 1. The number of carbonyl (C=O) groups excluding carboxylic acids is 5. The first-order chi connectivity index (χ1) is 18.2. The fraction of sp³-hybridized carbons (Fsp3) is 0.370. The van der Waals surface area contributed by atoms with E-state index >= 15 is 0 Å². The van der Waals surface area contributed by atoms with Gasteiger partial charge in [0, 0.05) is 6.42 Å². The van der Waals surface area contributed by atoms with Crippen molar-refractivity contribution in [2.45, 2.75) is 43.8 Å². The Morgan fingerprint density at radius 1 is 0.816 bits per heavy atom. The zero-order valence-corrected chi connectivity index (χ0v) is 22.3. The first-order valence-corrected chi connectivity index (χ1v) is 13.5. The van der Waals surface area contributed by atoms with Crippen LogP contribution in [0.15, 0.2) is 60.7 Å². The minimum Gasteiger partial charge on any atom is -0.469 e. The molecule has 0 aliphatic carbocycles. The van der Waals surface area contributed by atoms with Gasteiger partial charge in [0.1, 0.15) is 18.1 Å². The molecule has 0 bridgehead atoms. The number of esters is 1. The van der Waals surface area contributed by atoms with E-state index in [0.717, 1.165) is 18.2 Å². The van der Waals surface area contributed by atoms with Crippen molar-refractivity contribution in [3.8, 4) is 0 Å². The summed E-state index contributed by atoms with van der Waals surface area (Å²) in [7, 11) is 1.16. The van der Waals surface area contributed by atoms with Crippen molar-refractivity contribution < 1.29 is 28.7 Å². The second kappa shape index (κ2) is 16.1. The van der Waals surface area contributed by atoms with Crippen molar-refractivity contribution >= 4 is 41.4 Å². The molecule has 204 valence electrons. The van der Waals surface area contributed by atoms with E-state index in [-0.39, 0.29) is 18.7 Å². The summed E-state index contributed by atoms with van der Waals surface area (Å²) in [6.45, 7) is 0. The van der Waals surface area contributed by atoms with Crippen molar-refractivity contribution in [2.75, 3.05) is 19.1 Å². The fourth-order valence-corrected chi connectivity index (χ4v) is 4.08. The fourth-order valence-electron chi connectivity index (χ4n) is 3.61. The highest BCUT2D eigenvalue weighted by Crippen LogP contribution is 2.07. The Kier molecular flexibility index (Phi) is 12.8. The zero-order chi connectivity index (χ0) is 27.9. The van der Waals surface area contributed by atoms with Gasteiger partial charge in [0.05, 0.1) is 20.0 Å². The molecular weight excluding hydrogens is 508 g/mol. The molecule has 10 nitrogen and oxygen atoms in total. The summed E-state index contributed by atoms with van der Waals surface area (Å²) < 4.78 is 4.68. The number of hydrogen-bond acceptors (Lipinski definition) is 7. The summed E-state index contributed by atoms with van der Waals surface area (Å²) in [5, 5.41) is 7.79. The predicted octanol–water partition coefficient (Wildman–Crippen LogP) is 0.728. The minimum absolute atomic E-state index is 0.0791. The van der Waals surface area contributed by atoms with Crippen molar-refractivity contribution in [3.63, 3.8) is 0 Å². The Balaban J connectivity index is 2.14. The molecule has 0 aliphatic rings. The van der Waals surface area contributed by atoms with Gasteiger partial charge in [0.15, 0.2) is 0 Å². The average molecular weight is 543 g/mol. The van der Waals surface area contributed by atoms with Crippen LogP contribution in [-0.4, -0.2) is 66.8 Å². The molecule has 0 heterocycles. The summed E-state index contributed by atoms with van der Waals surface area (Å²) >= 11 is 1.49. The monoisotopic (exact) mass is 542 g/mol. The second-order valence-electron chi connectivity index (χ2n) is 8.56. The average Bonchev–Trinajstić information content (AvgIpc) is 2.91. The molecule has 3 atom stereocenters. The Bertz CT molecular complexity index is 1080. The number of ether oxygens (including phenoxy) is 1. The molecule has 5 N–H and O–H groups in total. The Hall–Kier alpha value is -3.86. The Morgan fingerprint density at radius 2 is 1.37 bits per heavy atom. The van der Waals surface area contributed by atoms with Crippen molar-refractivity contribution in [1.29, 1.82) is 0 Å². The van der Waals surface area contributed by atoms with Gasteiger partial charge < -0.3 is 26.4 Å². The van der Waals surface area contributed by atoms with Gasteiger partial charge in [-0.25, -0.2) is 0 Å². The molecule has 2 aromatic carbocycles. The van der Waals surface area contributed by atoms with Crippen LogP contribution < -0.4 is 21.7 Å². The number of primary amides is 1. The van der Waals surface area contributed by atoms with Crippen LogP contribution >= 0.6 is 11.8 Å². The third-order valence-electron chi connectivity index (χ3n) is 5.64. The van der Waals surface area contributed by atoms with Crippen molar-refractivity contribution in [3.05, 3.63) is 71.8 Å². The predicted molar refractivity (Wildman–Crippen MR) is 145 cm³/mol. The number of carbonyl (C=O) groups is 5. The van der Waals surface area contributed by atoms with Gasteiger partial charge in [0.2, 0.25) is 23.6 Å². The number of methoxy groups -OCH3 is 1. The van der Waals surface area contributed by atoms with E-state index in [2.05, 4.69) is 20.7 Å². The minimum atomic E-state index is -1.35. The molecular formula is C27H34N4O6S. The van der Waals surface area contributed by atoms with Gasteiger partial charge in [-0.15, -0.1) is 0 Å². The van der Waals surface area contributed by atoms with Crippen LogP contribution in [-0.2, 0) is 41.6 Å². The molecule has 0 unspecified atom stereocenters. The normalized spacial score (nSPS) is 12.9. The zero-order valence-electron chi connectivity index (χ0n) is 21.5. The molecule has 11 heteroatoms. The van der Waals surface area contributed by atoms with E-state index in [0.29, 0.717) is 12.2 Å². The van der Waals surface area contributed by atoms with E-state index < -0.39 is 48.2 Å². The van der Waals surface area contributed by atoms with Crippen molar-refractivity contribution in [1.82, 2.24) is 16.0 Å². The molecule has 4 amide bonds. The Labute approximate surface area is 226 Å². The molecule has 0 fully saturated rings. The van der Waals surface area contributed by atoms with Crippen LogP contribution in [0.5, 0.6) is 0 Å². The Morgan fingerprint density at radius 3 is 1.92 bits per heavy atom. The molecule has 0 aromatic heterocycles. The second-order valence-corrected chi connectivity index (χ2v) is 9.54. The summed E-state index contributed by atoms with van der Waals surface area (Å²) in [5.41, 5.74) is 7.05. The lowest BCUT2D eigenvalue weighted by Crippen LogP contribution is -2.57. The molecule has 2 rings (SSSR count). The SMILES string of the molecule is COC(=O)C[C@H](NC(=O)[C@H](CCSC)NC(=O)Cc1ccccc1)C(=O)N[C@@H](Cc1ccccc1)C(N)=O. The summed E-state index contributed by atoms with van der Waals surface area (Å²) in [6, 6.07) is 14.7. The highest BCUT2D eigenvalue weighted by atomic mass is 32.2. The smallest absolute Gasteiger partial charge is 0.308 e. The van der Waals surface area contributed by atoms with E-state index in [4.69, 9.17) is 5.73 Å². The largest absolute Gasteiger partial charge is 0.469 e. The van der Waals surface area contributed by atoms with E-state index in [1.54, 1.807) is 36.4 Å². The summed E-state index contributed by atoms with van der Waals surface area (Å²) in [6.07, 6.45) is 1.91. The molecule has 2 aromatic rings. The van der Waals surface area contributed by atoms with E-state index in [9.17, 15) is 24.0 Å². The maximum atomic E-state index is 13.2. The number of benzene rings is 2. The molecule has 0 saturated heterocycles. The highest BCUT2D eigenvalue weighted by Gasteiger charge is 2.31. The molecule has 0 spiro atoms. The quantitative estimate of drug-likeness (QED) is 0.242. The maximum Gasteiger partial charge on any atom is 0.308 e. The summed E-state index contributed by atoms with van der Waals surface area (Å²) in [5.74, 6) is -2.71. The maximum absolute atomic E-state index is 13.2. The lowest BCUT2D eigenvalue weighted by atomic mass is 10.0. The lowest BCUT2D eigenvalue weighted by molar-refractivity contribution is -0.144. The van der Waals surface area contributed by atoms with Gasteiger partial charge in [-0.3, -0.25) is 24.0 Å². The van der Waals surface area contributed by atoms with Crippen LogP contribution in [0, 0.1) is 0 Å². The van der Waals surface area contributed by atoms with Crippen molar-refractivity contribution in [2.24, 2.45) is 5.73 Å². The van der Waals surface area contributed by atoms with Gasteiger partial charge in [-0.05, 0) is 29.6 Å². The van der Waals surface area contributed by atoms with E-state index in [1.165, 1.54) is 11.8 Å². The standard InChI is InChI=1S/C27H34N4O6S/c1-37-24(33)17-22(27(36)30-21(25(28)34)15-18-9-5-3-6-10-18)31-26(35)20(13-14-38-2)29-23(32)16-19-11-7-4-8-12-19/h3-12,20-22H,13-17H2,1-2H3,(H2,28,34)(H,29,32)(H,30,36)(H,31,35)/t20-,21-,22-/m0/s1. The third kappa shape index (κ3) is 10.6. The first-order valence-electron chi connectivity index (χ1n) is 12.1. The van der Waals surface area contributed by atoms with Gasteiger partial charge >= 0.3 is 5.97 Å². The number of rotatable bonds is 15. The lowest BCUT2D eigenvalue weighted by Gasteiger charge is -2.24. The van der Waals surface area contributed by atoms with Gasteiger partial charge in [0.25, 0.3) is 0 Å². The number of hydrogen-bond donors (Lipinski definition) is 4. The first kappa shape index (κ1) is 30.4. The highest BCUT2D eigenvalue weighted by molar-refractivity contribution is 7.98. The molecule has 0 aliphatic heterocycles. The van der Waals surface area contributed by atoms with Crippen LogP contribution in [0.25, 0.3) is 0 Å². The van der Waals surface area contributed by atoms with Crippen LogP contribution in [0.2, 0.25) is 0 Å². The molecule has 0 radical (unpaired) electrons. The van der Waals surface area contributed by atoms with Crippen LogP contribution in [0.4, 0.5) is 0 Å². The van der Waals surface area contributed by atoms with Crippen LogP contribution in [0.3, 0.4) is 0 Å². The summed E-state index contributed by atoms with van der Waals surface area (Å²) in [4.78, 5) is 63.0. The molecule has 38 heavy (non-hydrogen) atoms.